The number of amides is 1. The van der Waals surface area contributed by atoms with Gasteiger partial charge < -0.3 is 5.32 Å². The fourth-order valence-corrected chi connectivity index (χ4v) is 4.38. The molecule has 0 aliphatic carbocycles. The van der Waals surface area contributed by atoms with Gasteiger partial charge in [-0.2, -0.15) is 0 Å². The number of sulfone groups is 1. The number of carbonyl (C=O) groups is 1. The molecule has 2 aromatic carbocycles. The van der Waals surface area contributed by atoms with E-state index < -0.39 is 9.84 Å². The number of carbonyl (C=O) groups excluding carboxylic acids is 1. The predicted molar refractivity (Wildman–Crippen MR) is 109 cm³/mol. The smallest absolute Gasteiger partial charge is 0.238 e. The number of likely N-dealkylation sites (N-methyl/N-ethyl adjacent to an activating group) is 1. The highest BCUT2D eigenvalue weighted by molar-refractivity contribution is 7.90. The Hall–Kier alpha value is -2.29. The Morgan fingerprint density at radius 3 is 2.67 bits per heavy atom. The minimum absolute atomic E-state index is 0.0181. The van der Waals surface area contributed by atoms with Crippen LogP contribution in [0, 0.1) is 0 Å². The number of nitrogens with zero attached hydrogens (tertiary/aromatic N) is 2. The normalized spacial score (nSPS) is 13.0. The molecule has 0 aliphatic heterocycles. The second-order valence-corrected chi connectivity index (χ2v) is 9.54. The maximum absolute atomic E-state index is 12.4. The van der Waals surface area contributed by atoms with Crippen LogP contribution < -0.4 is 5.32 Å². The first kappa shape index (κ1) is 19.5. The van der Waals surface area contributed by atoms with Crippen LogP contribution in [-0.2, 0) is 14.6 Å². The zero-order valence-corrected chi connectivity index (χ0v) is 17.0. The van der Waals surface area contributed by atoms with E-state index in [2.05, 4.69) is 10.3 Å². The molecule has 1 aromatic heterocycles. The van der Waals surface area contributed by atoms with E-state index >= 15 is 0 Å². The fraction of sp³-hybridized carbons (Fsp3) is 0.263. The van der Waals surface area contributed by atoms with Gasteiger partial charge in [-0.1, -0.05) is 18.2 Å². The lowest BCUT2D eigenvalue weighted by Crippen LogP contribution is -2.32. The quantitative estimate of drug-likeness (QED) is 0.683. The minimum atomic E-state index is -3.32. The van der Waals surface area contributed by atoms with Gasteiger partial charge in [0.1, 0.15) is 5.01 Å². The zero-order chi connectivity index (χ0) is 19.6. The van der Waals surface area contributed by atoms with Crippen molar-refractivity contribution in [2.45, 2.75) is 17.9 Å². The summed E-state index contributed by atoms with van der Waals surface area (Å²) in [6, 6.07) is 14.2. The van der Waals surface area contributed by atoms with Crippen LogP contribution in [0.25, 0.3) is 10.2 Å². The molecule has 0 bridgehead atoms. The third-order valence-corrected chi connectivity index (χ3v) is 6.58. The molecular weight excluding hydrogens is 382 g/mol. The molecule has 1 amide bonds. The number of nitrogens with one attached hydrogen (secondary N) is 1. The Morgan fingerprint density at radius 2 is 1.96 bits per heavy atom. The van der Waals surface area contributed by atoms with Crippen molar-refractivity contribution < 1.29 is 13.2 Å². The molecule has 6 nitrogen and oxygen atoms in total. The Balaban J connectivity index is 1.66. The topological polar surface area (TPSA) is 79.4 Å². The van der Waals surface area contributed by atoms with E-state index in [-0.39, 0.29) is 23.4 Å². The first-order chi connectivity index (χ1) is 12.7. The molecule has 0 fully saturated rings. The van der Waals surface area contributed by atoms with Crippen LogP contribution >= 0.6 is 11.3 Å². The fourth-order valence-electron chi connectivity index (χ4n) is 2.63. The number of hydrogen-bond acceptors (Lipinski definition) is 6. The van der Waals surface area contributed by atoms with Crippen molar-refractivity contribution in [2.24, 2.45) is 0 Å². The monoisotopic (exact) mass is 403 g/mol. The summed E-state index contributed by atoms with van der Waals surface area (Å²) in [7, 11) is -1.45. The van der Waals surface area contributed by atoms with E-state index in [9.17, 15) is 13.2 Å². The van der Waals surface area contributed by atoms with E-state index in [1.807, 2.05) is 43.1 Å². The molecule has 1 heterocycles. The molecule has 0 unspecified atom stereocenters. The third kappa shape index (κ3) is 4.71. The maximum atomic E-state index is 12.4. The Morgan fingerprint density at radius 1 is 1.22 bits per heavy atom. The zero-order valence-electron chi connectivity index (χ0n) is 15.3. The Bertz CT molecular complexity index is 1040. The van der Waals surface area contributed by atoms with Gasteiger partial charge in [0.15, 0.2) is 9.84 Å². The van der Waals surface area contributed by atoms with E-state index in [1.165, 1.54) is 12.1 Å². The number of para-hydroxylation sites is 1. The first-order valence-corrected chi connectivity index (χ1v) is 11.1. The summed E-state index contributed by atoms with van der Waals surface area (Å²) in [5, 5.41) is 3.71. The largest absolute Gasteiger partial charge is 0.325 e. The molecule has 0 saturated carbocycles. The summed E-state index contributed by atoms with van der Waals surface area (Å²) in [5.41, 5.74) is 1.42. The molecule has 8 heteroatoms. The first-order valence-electron chi connectivity index (χ1n) is 8.40. The van der Waals surface area contributed by atoms with Crippen LogP contribution in [0.1, 0.15) is 18.0 Å². The highest BCUT2D eigenvalue weighted by Gasteiger charge is 2.19. The van der Waals surface area contributed by atoms with Crippen molar-refractivity contribution in [1.82, 2.24) is 9.88 Å². The summed E-state index contributed by atoms with van der Waals surface area (Å²) in [6.45, 7) is 2.18. The second kappa shape index (κ2) is 7.75. The van der Waals surface area contributed by atoms with E-state index in [0.29, 0.717) is 5.69 Å². The van der Waals surface area contributed by atoms with Gasteiger partial charge in [0.05, 0.1) is 27.7 Å². The van der Waals surface area contributed by atoms with Crippen LogP contribution in [0.15, 0.2) is 53.4 Å². The lowest BCUT2D eigenvalue weighted by molar-refractivity contribution is -0.117. The highest BCUT2D eigenvalue weighted by atomic mass is 32.2. The SMILES string of the molecule is C[C@@H](c1nc2ccccc2s1)N(C)CC(=O)Nc1cccc(S(C)(=O)=O)c1. The average Bonchev–Trinajstić information content (AvgIpc) is 3.04. The van der Waals surface area contributed by atoms with Gasteiger partial charge in [0, 0.05) is 11.9 Å². The molecule has 0 spiro atoms. The lowest BCUT2D eigenvalue weighted by atomic mass is 10.3. The van der Waals surface area contributed by atoms with Crippen LogP contribution in [-0.4, -0.2) is 44.1 Å². The summed E-state index contributed by atoms with van der Waals surface area (Å²) in [5.74, 6) is -0.212. The van der Waals surface area contributed by atoms with Crippen LogP contribution in [0.5, 0.6) is 0 Å². The van der Waals surface area contributed by atoms with Gasteiger partial charge >= 0.3 is 0 Å². The predicted octanol–water partition coefficient (Wildman–Crippen LogP) is 3.33. The molecule has 1 N–H and O–H groups in total. The van der Waals surface area contributed by atoms with E-state index in [1.54, 1.807) is 23.5 Å². The van der Waals surface area contributed by atoms with Gasteiger partial charge in [-0.15, -0.1) is 11.3 Å². The molecule has 142 valence electrons. The number of anilines is 1. The molecule has 3 rings (SSSR count). The van der Waals surface area contributed by atoms with Crippen molar-refractivity contribution in [3.63, 3.8) is 0 Å². The number of thiazole rings is 1. The van der Waals surface area contributed by atoms with Crippen LogP contribution in [0.2, 0.25) is 0 Å². The Labute approximate surface area is 162 Å². The third-order valence-electron chi connectivity index (χ3n) is 4.27. The summed E-state index contributed by atoms with van der Waals surface area (Å²) in [6.07, 6.45) is 1.14. The van der Waals surface area contributed by atoms with Crippen molar-refractivity contribution in [3.8, 4) is 0 Å². The van der Waals surface area contributed by atoms with Crippen LogP contribution in [0.3, 0.4) is 0 Å². The molecule has 27 heavy (non-hydrogen) atoms. The number of rotatable bonds is 6. The van der Waals surface area contributed by atoms with Gasteiger partial charge in [-0.25, -0.2) is 13.4 Å². The number of benzene rings is 2. The highest BCUT2D eigenvalue weighted by Crippen LogP contribution is 2.28. The molecule has 1 atom stereocenters. The molecule has 0 radical (unpaired) electrons. The standard InChI is InChI=1S/C19H21N3O3S2/c1-13(19-21-16-9-4-5-10-17(16)26-19)22(2)12-18(23)20-14-7-6-8-15(11-14)27(3,24)25/h4-11,13H,12H2,1-3H3,(H,20,23)/t13-/m0/s1. The van der Waals surface area contributed by atoms with Crippen molar-refractivity contribution in [1.29, 1.82) is 0 Å². The average molecular weight is 404 g/mol. The molecule has 0 aliphatic rings. The van der Waals surface area contributed by atoms with Crippen LogP contribution in [0.4, 0.5) is 5.69 Å². The molecular formula is C19H21N3O3S2. The van der Waals surface area contributed by atoms with Crippen molar-refractivity contribution >= 4 is 43.0 Å². The van der Waals surface area contributed by atoms with Gasteiger partial charge in [0.2, 0.25) is 5.91 Å². The maximum Gasteiger partial charge on any atom is 0.238 e. The van der Waals surface area contributed by atoms with Crippen molar-refractivity contribution in [2.75, 3.05) is 25.2 Å². The lowest BCUT2D eigenvalue weighted by Gasteiger charge is -2.22. The second-order valence-electron chi connectivity index (χ2n) is 6.46. The van der Waals surface area contributed by atoms with Crippen molar-refractivity contribution in [3.05, 3.63) is 53.5 Å². The van der Waals surface area contributed by atoms with E-state index in [0.717, 1.165) is 21.5 Å². The van der Waals surface area contributed by atoms with Gasteiger partial charge in [-0.05, 0) is 44.3 Å². The van der Waals surface area contributed by atoms with Gasteiger partial charge in [0.25, 0.3) is 0 Å². The summed E-state index contributed by atoms with van der Waals surface area (Å²) in [4.78, 5) is 19.1. The van der Waals surface area contributed by atoms with Gasteiger partial charge in [-0.3, -0.25) is 9.69 Å². The van der Waals surface area contributed by atoms with E-state index in [4.69, 9.17) is 0 Å². The summed E-state index contributed by atoms with van der Waals surface area (Å²) < 4.78 is 24.4. The summed E-state index contributed by atoms with van der Waals surface area (Å²) >= 11 is 1.62. The Kier molecular flexibility index (Phi) is 5.59. The number of hydrogen-bond donors (Lipinski definition) is 1. The number of aromatic nitrogens is 1. The number of fused-ring (bicyclic) bond motifs is 1. The minimum Gasteiger partial charge on any atom is -0.325 e. The molecule has 0 saturated heterocycles. The molecule has 3 aromatic rings.